The molecule has 0 bridgehead atoms. The predicted octanol–water partition coefficient (Wildman–Crippen LogP) is 3.05. The molecule has 14 heteroatoms. The van der Waals surface area contributed by atoms with Crippen molar-refractivity contribution in [3.05, 3.63) is 52.5 Å². The summed E-state index contributed by atoms with van der Waals surface area (Å²) in [5.41, 5.74) is 1.23. The maximum absolute atomic E-state index is 12.9. The Bertz CT molecular complexity index is 1220. The van der Waals surface area contributed by atoms with Crippen molar-refractivity contribution in [3.8, 4) is 11.5 Å². The first-order chi connectivity index (χ1) is 17.4. The number of nitrogens with one attached hydrogen (secondary N) is 2. The highest BCUT2D eigenvalue weighted by Crippen LogP contribution is 2.34. The average molecular weight is 544 g/mol. The molecule has 2 N–H and O–H groups in total. The SMILES string of the molecule is COc1ccc(C(=O)NN2C[C@H](C(=O)OCC(=O)Nc3cc(C(F)(F)F)ccc3Cl)CC2=O)cc1OC. The van der Waals surface area contributed by atoms with Crippen LogP contribution in [0.1, 0.15) is 22.3 Å². The lowest BCUT2D eigenvalue weighted by Crippen LogP contribution is -2.43. The maximum Gasteiger partial charge on any atom is 0.416 e. The van der Waals surface area contributed by atoms with Crippen LogP contribution in [0.5, 0.6) is 11.5 Å². The molecule has 198 valence electrons. The quantitative estimate of drug-likeness (QED) is 0.491. The van der Waals surface area contributed by atoms with Gasteiger partial charge in [0.05, 0.1) is 43.0 Å². The van der Waals surface area contributed by atoms with Crippen LogP contribution in [0.15, 0.2) is 36.4 Å². The molecule has 1 aliphatic rings. The average Bonchev–Trinajstić information content (AvgIpc) is 3.22. The van der Waals surface area contributed by atoms with Gasteiger partial charge in [-0.2, -0.15) is 13.2 Å². The van der Waals surface area contributed by atoms with E-state index in [0.29, 0.717) is 17.6 Å². The van der Waals surface area contributed by atoms with Crippen LogP contribution < -0.4 is 20.2 Å². The fourth-order valence-electron chi connectivity index (χ4n) is 3.38. The first kappa shape index (κ1) is 27.6. The van der Waals surface area contributed by atoms with Crippen LogP contribution in [0.3, 0.4) is 0 Å². The van der Waals surface area contributed by atoms with E-state index in [2.05, 4.69) is 10.7 Å². The number of hydrogen-bond acceptors (Lipinski definition) is 7. The second-order valence-electron chi connectivity index (χ2n) is 7.76. The lowest BCUT2D eigenvalue weighted by Gasteiger charge is -2.18. The van der Waals surface area contributed by atoms with Crippen LogP contribution >= 0.6 is 11.6 Å². The Labute approximate surface area is 213 Å². The minimum atomic E-state index is -4.65. The van der Waals surface area contributed by atoms with Crippen molar-refractivity contribution in [2.45, 2.75) is 12.6 Å². The molecule has 10 nitrogen and oxygen atoms in total. The van der Waals surface area contributed by atoms with E-state index in [9.17, 15) is 32.3 Å². The zero-order chi connectivity index (χ0) is 27.3. The molecule has 0 spiro atoms. The van der Waals surface area contributed by atoms with E-state index in [-0.39, 0.29) is 29.2 Å². The van der Waals surface area contributed by atoms with E-state index in [1.165, 1.54) is 32.4 Å². The largest absolute Gasteiger partial charge is 0.493 e. The fourth-order valence-corrected chi connectivity index (χ4v) is 3.54. The van der Waals surface area contributed by atoms with E-state index >= 15 is 0 Å². The van der Waals surface area contributed by atoms with Gasteiger partial charge in [0.25, 0.3) is 11.8 Å². The second-order valence-corrected chi connectivity index (χ2v) is 8.17. The second kappa shape index (κ2) is 11.4. The highest BCUT2D eigenvalue weighted by molar-refractivity contribution is 6.33. The van der Waals surface area contributed by atoms with Gasteiger partial charge in [0.15, 0.2) is 18.1 Å². The van der Waals surface area contributed by atoms with Crippen LogP contribution in [0, 0.1) is 5.92 Å². The number of rotatable bonds is 8. The number of halogens is 4. The van der Waals surface area contributed by atoms with Gasteiger partial charge in [0.1, 0.15) is 0 Å². The zero-order valence-corrected chi connectivity index (χ0v) is 20.2. The zero-order valence-electron chi connectivity index (χ0n) is 19.5. The number of hydrazine groups is 1. The summed E-state index contributed by atoms with van der Waals surface area (Å²) < 4.78 is 53.8. The number of amides is 3. The molecule has 3 rings (SSSR count). The molecule has 0 radical (unpaired) electrons. The number of anilines is 1. The van der Waals surface area contributed by atoms with Crippen molar-refractivity contribution in [1.82, 2.24) is 10.4 Å². The summed E-state index contributed by atoms with van der Waals surface area (Å²) in [7, 11) is 2.83. The molecule has 0 aliphatic carbocycles. The van der Waals surface area contributed by atoms with Gasteiger partial charge in [-0.05, 0) is 36.4 Å². The minimum Gasteiger partial charge on any atom is -0.493 e. The maximum atomic E-state index is 12.9. The van der Waals surface area contributed by atoms with Gasteiger partial charge in [-0.3, -0.25) is 29.6 Å². The molecule has 2 aromatic rings. The number of alkyl halides is 3. The number of benzene rings is 2. The fraction of sp³-hybridized carbons (Fsp3) is 0.304. The number of esters is 1. The normalized spacial score (nSPS) is 15.2. The van der Waals surface area contributed by atoms with Gasteiger partial charge in [0.2, 0.25) is 5.91 Å². The van der Waals surface area contributed by atoms with Crippen molar-refractivity contribution in [2.24, 2.45) is 5.92 Å². The Balaban J connectivity index is 1.54. The van der Waals surface area contributed by atoms with Crippen molar-refractivity contribution < 1.29 is 46.6 Å². The van der Waals surface area contributed by atoms with E-state index in [1.807, 2.05) is 0 Å². The van der Waals surface area contributed by atoms with Gasteiger partial charge >= 0.3 is 12.1 Å². The van der Waals surface area contributed by atoms with Gasteiger partial charge in [0, 0.05) is 12.0 Å². The molecule has 37 heavy (non-hydrogen) atoms. The molecule has 1 saturated heterocycles. The van der Waals surface area contributed by atoms with E-state index in [4.69, 9.17) is 25.8 Å². The minimum absolute atomic E-state index is 0.144. The number of ether oxygens (including phenoxy) is 3. The molecular weight excluding hydrogens is 523 g/mol. The number of hydrogen-bond donors (Lipinski definition) is 2. The first-order valence-corrected chi connectivity index (χ1v) is 11.0. The predicted molar refractivity (Wildman–Crippen MR) is 123 cm³/mol. The third kappa shape index (κ3) is 6.82. The van der Waals surface area contributed by atoms with E-state index in [0.717, 1.165) is 17.1 Å². The summed E-state index contributed by atoms with van der Waals surface area (Å²) in [6.45, 7) is -1.04. The van der Waals surface area contributed by atoms with Crippen LogP contribution in [-0.4, -0.2) is 56.1 Å². The van der Waals surface area contributed by atoms with E-state index < -0.39 is 48.0 Å². The van der Waals surface area contributed by atoms with Crippen molar-refractivity contribution in [1.29, 1.82) is 0 Å². The number of nitrogens with zero attached hydrogens (tertiary/aromatic N) is 1. The standard InChI is InChI=1S/C23H21ClF3N3O7/c1-35-17-6-3-12(7-18(17)36-2)21(33)29-30-10-13(8-20(30)32)22(34)37-11-19(31)28-16-9-14(23(25,26)27)4-5-15(16)24/h3-7,9,13H,8,10-11H2,1-2H3,(H,28,31)(H,29,33)/t13-/m1/s1. The first-order valence-electron chi connectivity index (χ1n) is 10.6. The van der Waals surface area contributed by atoms with Crippen LogP contribution in [0.25, 0.3) is 0 Å². The highest BCUT2D eigenvalue weighted by Gasteiger charge is 2.37. The summed E-state index contributed by atoms with van der Waals surface area (Å²) in [5, 5.41) is 2.95. The van der Waals surface area contributed by atoms with Gasteiger partial charge in [-0.1, -0.05) is 11.6 Å². The van der Waals surface area contributed by atoms with Crippen LogP contribution in [0.4, 0.5) is 18.9 Å². The molecule has 0 saturated carbocycles. The Hall–Kier alpha value is -4.00. The number of carbonyl (C=O) groups is 4. The van der Waals surface area contributed by atoms with Crippen molar-refractivity contribution in [3.63, 3.8) is 0 Å². The Morgan fingerprint density at radius 1 is 1.08 bits per heavy atom. The molecule has 0 unspecified atom stereocenters. The van der Waals surface area contributed by atoms with Crippen molar-refractivity contribution in [2.75, 3.05) is 32.7 Å². The Morgan fingerprint density at radius 2 is 1.78 bits per heavy atom. The molecule has 1 fully saturated rings. The molecule has 0 aromatic heterocycles. The van der Waals surface area contributed by atoms with Gasteiger partial charge in [-0.25, -0.2) is 0 Å². The molecular formula is C23H21ClF3N3O7. The monoisotopic (exact) mass is 543 g/mol. The summed E-state index contributed by atoms with van der Waals surface area (Å²) >= 11 is 5.83. The summed E-state index contributed by atoms with van der Waals surface area (Å²) in [6.07, 6.45) is -4.93. The molecule has 1 atom stereocenters. The van der Waals surface area contributed by atoms with Gasteiger partial charge in [-0.15, -0.1) is 0 Å². The summed E-state index contributed by atoms with van der Waals surface area (Å²) in [4.78, 5) is 49.3. The topological polar surface area (TPSA) is 123 Å². The third-order valence-electron chi connectivity index (χ3n) is 5.25. The van der Waals surface area contributed by atoms with Crippen molar-refractivity contribution >= 4 is 41.0 Å². The number of carbonyl (C=O) groups excluding carboxylic acids is 4. The lowest BCUT2D eigenvalue weighted by molar-refractivity contribution is -0.151. The number of methoxy groups -OCH3 is 2. The Morgan fingerprint density at radius 3 is 2.43 bits per heavy atom. The van der Waals surface area contributed by atoms with Crippen LogP contribution in [0.2, 0.25) is 5.02 Å². The third-order valence-corrected chi connectivity index (χ3v) is 5.58. The molecule has 1 aliphatic heterocycles. The highest BCUT2D eigenvalue weighted by atomic mass is 35.5. The Kier molecular flexibility index (Phi) is 8.48. The summed E-state index contributed by atoms with van der Waals surface area (Å²) in [5.74, 6) is -3.31. The molecule has 1 heterocycles. The molecule has 2 aromatic carbocycles. The van der Waals surface area contributed by atoms with E-state index in [1.54, 1.807) is 0 Å². The smallest absolute Gasteiger partial charge is 0.416 e. The van der Waals surface area contributed by atoms with Gasteiger partial charge < -0.3 is 19.5 Å². The summed E-state index contributed by atoms with van der Waals surface area (Å²) in [6, 6.07) is 6.76. The lowest BCUT2D eigenvalue weighted by atomic mass is 10.1. The van der Waals surface area contributed by atoms with Crippen LogP contribution in [-0.2, 0) is 25.3 Å². The molecule has 3 amide bonds.